The van der Waals surface area contributed by atoms with Gasteiger partial charge in [-0.05, 0) is 38.0 Å². The van der Waals surface area contributed by atoms with E-state index in [1.54, 1.807) is 6.07 Å². The second kappa shape index (κ2) is 7.90. The highest BCUT2D eigenvalue weighted by atomic mass is 16.6. The summed E-state index contributed by atoms with van der Waals surface area (Å²) in [4.78, 5) is 49.7. The van der Waals surface area contributed by atoms with Gasteiger partial charge < -0.3 is 9.47 Å². The van der Waals surface area contributed by atoms with Crippen molar-refractivity contribution < 1.29 is 28.7 Å². The summed E-state index contributed by atoms with van der Waals surface area (Å²) in [6, 6.07) is 4.54. The zero-order chi connectivity index (χ0) is 19.6. The van der Waals surface area contributed by atoms with E-state index in [0.717, 1.165) is 25.7 Å². The van der Waals surface area contributed by atoms with Gasteiger partial charge in [0.25, 0.3) is 0 Å². The van der Waals surface area contributed by atoms with E-state index in [9.17, 15) is 19.2 Å². The third-order valence-corrected chi connectivity index (χ3v) is 5.27. The highest BCUT2D eigenvalue weighted by Gasteiger charge is 2.47. The van der Waals surface area contributed by atoms with Crippen molar-refractivity contribution in [2.75, 3.05) is 13.7 Å². The predicted octanol–water partition coefficient (Wildman–Crippen LogP) is 2.37. The number of amides is 2. The molecule has 2 amide bonds. The Labute approximate surface area is 157 Å². The maximum Gasteiger partial charge on any atom is 0.313 e. The summed E-state index contributed by atoms with van der Waals surface area (Å²) in [6.45, 7) is 1.46. The molecule has 0 spiro atoms. The summed E-state index contributed by atoms with van der Waals surface area (Å²) in [5, 5.41) is 0. The molecular weight excluding hydrogens is 350 g/mol. The lowest BCUT2D eigenvalue weighted by atomic mass is 9.81. The van der Waals surface area contributed by atoms with E-state index in [2.05, 4.69) is 0 Å². The van der Waals surface area contributed by atoms with Gasteiger partial charge in [0.1, 0.15) is 0 Å². The van der Waals surface area contributed by atoms with E-state index in [-0.39, 0.29) is 53.9 Å². The van der Waals surface area contributed by atoms with Crippen LogP contribution in [0.1, 0.15) is 49.4 Å². The van der Waals surface area contributed by atoms with Gasteiger partial charge in [-0.3, -0.25) is 24.1 Å². The van der Waals surface area contributed by atoms with Gasteiger partial charge in [0.2, 0.25) is 11.8 Å². The van der Waals surface area contributed by atoms with Crippen molar-refractivity contribution in [1.82, 2.24) is 4.90 Å². The molecule has 1 saturated carbocycles. The Morgan fingerprint density at radius 3 is 2.26 bits per heavy atom. The first-order valence-electron chi connectivity index (χ1n) is 9.17. The zero-order valence-corrected chi connectivity index (χ0v) is 15.5. The normalized spacial score (nSPS) is 21.8. The van der Waals surface area contributed by atoms with Crippen LogP contribution >= 0.6 is 0 Å². The summed E-state index contributed by atoms with van der Waals surface area (Å²) >= 11 is 0. The van der Waals surface area contributed by atoms with E-state index < -0.39 is 5.97 Å². The Hall–Kier alpha value is -2.70. The quantitative estimate of drug-likeness (QED) is 0.329. The molecule has 0 N–H and O–H groups in total. The molecule has 7 nitrogen and oxygen atoms in total. The number of ketones is 1. The Morgan fingerprint density at radius 2 is 1.70 bits per heavy atom. The van der Waals surface area contributed by atoms with Crippen LogP contribution < -0.4 is 9.47 Å². The molecule has 2 aliphatic rings. The van der Waals surface area contributed by atoms with E-state index in [4.69, 9.17) is 9.47 Å². The lowest BCUT2D eigenvalue weighted by Gasteiger charge is -2.19. The van der Waals surface area contributed by atoms with Crippen molar-refractivity contribution in [3.8, 4) is 11.5 Å². The largest absolute Gasteiger partial charge is 0.493 e. The molecule has 27 heavy (non-hydrogen) atoms. The number of nitrogens with zero attached hydrogens (tertiary/aromatic N) is 1. The molecule has 0 aromatic heterocycles. The monoisotopic (exact) mass is 373 g/mol. The first-order valence-corrected chi connectivity index (χ1v) is 9.17. The molecule has 0 bridgehead atoms. The van der Waals surface area contributed by atoms with Crippen LogP contribution in [0.2, 0.25) is 0 Å². The zero-order valence-electron chi connectivity index (χ0n) is 15.5. The average molecular weight is 373 g/mol. The SMILES string of the molecule is COc1cc(C(C)=O)ccc1OC(=O)CCN1C(=O)[C@@H]2CCCC[C@H]2C1=O. The van der Waals surface area contributed by atoms with Gasteiger partial charge in [0.15, 0.2) is 17.3 Å². The van der Waals surface area contributed by atoms with Gasteiger partial charge in [-0.1, -0.05) is 12.8 Å². The highest BCUT2D eigenvalue weighted by Crippen LogP contribution is 2.38. The first kappa shape index (κ1) is 19.1. The van der Waals surface area contributed by atoms with Crippen molar-refractivity contribution >= 4 is 23.6 Å². The number of hydrogen-bond acceptors (Lipinski definition) is 6. The fourth-order valence-corrected chi connectivity index (χ4v) is 3.80. The van der Waals surface area contributed by atoms with Gasteiger partial charge >= 0.3 is 5.97 Å². The number of methoxy groups -OCH3 is 1. The summed E-state index contributed by atoms with van der Waals surface area (Å²) in [6.07, 6.45) is 3.33. The molecule has 1 saturated heterocycles. The maximum atomic E-state index is 12.4. The van der Waals surface area contributed by atoms with Crippen LogP contribution in [0, 0.1) is 11.8 Å². The number of ether oxygens (including phenoxy) is 2. The second-order valence-electron chi connectivity index (χ2n) is 6.97. The van der Waals surface area contributed by atoms with Crippen LogP contribution in [0.25, 0.3) is 0 Å². The number of Topliss-reactive ketones (excluding diaryl/α,β-unsaturated/α-hetero) is 1. The smallest absolute Gasteiger partial charge is 0.313 e. The fraction of sp³-hybridized carbons (Fsp3) is 0.500. The lowest BCUT2D eigenvalue weighted by Crippen LogP contribution is -2.33. The number of hydrogen-bond donors (Lipinski definition) is 0. The molecular formula is C20H23NO6. The highest BCUT2D eigenvalue weighted by molar-refractivity contribution is 6.05. The fourth-order valence-electron chi connectivity index (χ4n) is 3.80. The van der Waals surface area contributed by atoms with Crippen molar-refractivity contribution in [3.63, 3.8) is 0 Å². The van der Waals surface area contributed by atoms with E-state index in [0.29, 0.717) is 5.56 Å². The Balaban J connectivity index is 1.61. The van der Waals surface area contributed by atoms with E-state index in [1.807, 2.05) is 0 Å². The number of benzene rings is 1. The molecule has 0 radical (unpaired) electrons. The maximum absolute atomic E-state index is 12.4. The van der Waals surface area contributed by atoms with Gasteiger partial charge in [-0.2, -0.15) is 0 Å². The minimum atomic E-state index is -0.570. The predicted molar refractivity (Wildman–Crippen MR) is 95.4 cm³/mol. The average Bonchev–Trinajstić information content (AvgIpc) is 2.91. The summed E-state index contributed by atoms with van der Waals surface area (Å²) < 4.78 is 10.5. The second-order valence-corrected chi connectivity index (χ2v) is 6.97. The van der Waals surface area contributed by atoms with Crippen LogP contribution in [0.15, 0.2) is 18.2 Å². The van der Waals surface area contributed by atoms with Crippen molar-refractivity contribution in [1.29, 1.82) is 0 Å². The molecule has 1 aliphatic heterocycles. The van der Waals surface area contributed by atoms with Crippen molar-refractivity contribution in [2.45, 2.75) is 39.0 Å². The van der Waals surface area contributed by atoms with Gasteiger partial charge in [0.05, 0.1) is 25.4 Å². The molecule has 1 aliphatic carbocycles. The van der Waals surface area contributed by atoms with Crippen LogP contribution in [0.5, 0.6) is 11.5 Å². The first-order chi connectivity index (χ1) is 12.9. The third kappa shape index (κ3) is 3.86. The van der Waals surface area contributed by atoms with Gasteiger partial charge in [0, 0.05) is 12.1 Å². The number of carbonyl (C=O) groups excluding carboxylic acids is 4. The molecule has 1 aromatic rings. The topological polar surface area (TPSA) is 90.0 Å². The van der Waals surface area contributed by atoms with Crippen molar-refractivity contribution in [2.24, 2.45) is 11.8 Å². The summed E-state index contributed by atoms with van der Waals surface area (Å²) in [5.41, 5.74) is 0.447. The van der Waals surface area contributed by atoms with Crippen LogP contribution in [-0.4, -0.2) is 42.1 Å². The Bertz CT molecular complexity index is 763. The standard InChI is InChI=1S/C20H23NO6/c1-12(22)13-7-8-16(17(11-13)26-2)27-18(23)9-10-21-19(24)14-5-3-4-6-15(14)20(21)25/h7-8,11,14-15H,3-6,9-10H2,1-2H3/t14-,15-/m1/s1. The third-order valence-electron chi connectivity index (χ3n) is 5.27. The van der Waals surface area contributed by atoms with Crippen LogP contribution in [0.4, 0.5) is 0 Å². The molecule has 3 rings (SSSR count). The Kier molecular flexibility index (Phi) is 5.58. The van der Waals surface area contributed by atoms with Gasteiger partial charge in [-0.25, -0.2) is 0 Å². The number of carbonyl (C=O) groups is 4. The molecule has 1 aromatic carbocycles. The minimum absolute atomic E-state index is 0.0251. The molecule has 0 unspecified atom stereocenters. The van der Waals surface area contributed by atoms with Crippen LogP contribution in [0.3, 0.4) is 0 Å². The molecule has 144 valence electrons. The van der Waals surface area contributed by atoms with E-state index >= 15 is 0 Å². The minimum Gasteiger partial charge on any atom is -0.493 e. The number of imide groups is 1. The summed E-state index contributed by atoms with van der Waals surface area (Å²) in [7, 11) is 1.42. The molecule has 1 heterocycles. The molecule has 2 fully saturated rings. The molecule has 2 atom stereocenters. The van der Waals surface area contributed by atoms with E-state index in [1.165, 1.54) is 31.1 Å². The van der Waals surface area contributed by atoms with Crippen LogP contribution in [-0.2, 0) is 14.4 Å². The number of esters is 1. The Morgan fingerprint density at radius 1 is 1.07 bits per heavy atom. The number of likely N-dealkylation sites (tertiary alicyclic amines) is 1. The van der Waals surface area contributed by atoms with Gasteiger partial charge in [-0.15, -0.1) is 0 Å². The molecule has 7 heteroatoms. The number of rotatable bonds is 6. The summed E-state index contributed by atoms with van der Waals surface area (Å²) in [5.74, 6) is -1.00. The lowest BCUT2D eigenvalue weighted by molar-refractivity contribution is -0.141. The van der Waals surface area contributed by atoms with Crippen molar-refractivity contribution in [3.05, 3.63) is 23.8 Å². The number of fused-ring (bicyclic) bond motifs is 1.